The molecule has 0 aromatic carbocycles. The number of nitrogens with one attached hydrogen (secondary N) is 1. The van der Waals surface area contributed by atoms with Crippen molar-refractivity contribution in [1.29, 1.82) is 0 Å². The van der Waals surface area contributed by atoms with Crippen molar-refractivity contribution in [1.82, 2.24) is 24.5 Å². The Morgan fingerprint density at radius 3 is 2.92 bits per heavy atom. The van der Waals surface area contributed by atoms with Gasteiger partial charge < -0.3 is 14.8 Å². The van der Waals surface area contributed by atoms with E-state index in [4.69, 9.17) is 14.6 Å². The molecule has 0 amide bonds. The van der Waals surface area contributed by atoms with Crippen molar-refractivity contribution in [3.05, 3.63) is 35.8 Å². The number of fused-ring (bicyclic) bond motifs is 1. The fraction of sp³-hybridized carbons (Fsp3) is 0.353. The van der Waals surface area contributed by atoms with Crippen LogP contribution in [-0.2, 0) is 18.2 Å². The number of nitrogens with zero attached hydrogens (tertiary/aromatic N) is 5. The highest BCUT2D eigenvalue weighted by Crippen LogP contribution is 2.33. The minimum absolute atomic E-state index is 0.452. The van der Waals surface area contributed by atoms with Gasteiger partial charge in [0.2, 0.25) is 5.88 Å². The fourth-order valence-electron chi connectivity index (χ4n) is 3.07. The maximum atomic E-state index is 5.57. The van der Waals surface area contributed by atoms with Crippen LogP contribution in [0.2, 0.25) is 0 Å². The molecule has 8 heteroatoms. The molecular formula is C17H20N6O2. The van der Waals surface area contributed by atoms with E-state index in [-0.39, 0.29) is 0 Å². The molecule has 4 rings (SSSR count). The first-order valence-electron chi connectivity index (χ1n) is 8.11. The summed E-state index contributed by atoms with van der Waals surface area (Å²) in [6.07, 6.45) is 6.35. The second-order valence-electron chi connectivity index (χ2n) is 5.99. The third-order valence-electron chi connectivity index (χ3n) is 4.25. The van der Waals surface area contributed by atoms with E-state index in [0.717, 1.165) is 40.3 Å². The van der Waals surface area contributed by atoms with Crippen molar-refractivity contribution >= 4 is 5.82 Å². The SMILES string of the molecule is COc1ncc(-n2nc(-c3cnn(C)c3)c3c2NCOCC3)cc1C. The monoisotopic (exact) mass is 340 g/mol. The molecule has 130 valence electrons. The summed E-state index contributed by atoms with van der Waals surface area (Å²) in [5.74, 6) is 1.55. The minimum Gasteiger partial charge on any atom is -0.481 e. The van der Waals surface area contributed by atoms with Crippen LogP contribution in [0.25, 0.3) is 16.9 Å². The summed E-state index contributed by atoms with van der Waals surface area (Å²) in [5, 5.41) is 12.4. The maximum absolute atomic E-state index is 5.57. The Balaban J connectivity index is 1.88. The first kappa shape index (κ1) is 15.6. The Morgan fingerprint density at radius 1 is 1.32 bits per heavy atom. The van der Waals surface area contributed by atoms with Crippen molar-refractivity contribution in [2.45, 2.75) is 13.3 Å². The van der Waals surface area contributed by atoms with Crippen LogP contribution in [0.3, 0.4) is 0 Å². The van der Waals surface area contributed by atoms with Gasteiger partial charge in [-0.25, -0.2) is 9.67 Å². The molecule has 0 spiro atoms. The maximum Gasteiger partial charge on any atom is 0.216 e. The van der Waals surface area contributed by atoms with Crippen LogP contribution in [-0.4, -0.2) is 45.0 Å². The quantitative estimate of drug-likeness (QED) is 0.785. The zero-order valence-corrected chi connectivity index (χ0v) is 14.5. The zero-order valence-electron chi connectivity index (χ0n) is 14.5. The van der Waals surface area contributed by atoms with Crippen molar-refractivity contribution in [3.63, 3.8) is 0 Å². The first-order chi connectivity index (χ1) is 12.2. The molecule has 3 aromatic heterocycles. The first-order valence-corrected chi connectivity index (χ1v) is 8.11. The molecule has 1 aliphatic rings. The van der Waals surface area contributed by atoms with E-state index in [2.05, 4.69) is 15.4 Å². The van der Waals surface area contributed by atoms with Gasteiger partial charge in [-0.2, -0.15) is 10.2 Å². The summed E-state index contributed by atoms with van der Waals surface area (Å²) in [4.78, 5) is 4.37. The highest BCUT2D eigenvalue weighted by molar-refractivity contribution is 5.70. The average Bonchev–Trinajstić information content (AvgIpc) is 3.10. The smallest absolute Gasteiger partial charge is 0.216 e. The number of anilines is 1. The molecule has 1 aliphatic heterocycles. The van der Waals surface area contributed by atoms with Crippen LogP contribution in [0.1, 0.15) is 11.1 Å². The summed E-state index contributed by atoms with van der Waals surface area (Å²) in [5.41, 5.74) is 4.85. The Kier molecular flexibility index (Phi) is 3.89. The Morgan fingerprint density at radius 2 is 2.20 bits per heavy atom. The number of aryl methyl sites for hydroxylation is 2. The van der Waals surface area contributed by atoms with Crippen LogP contribution in [0.5, 0.6) is 5.88 Å². The predicted molar refractivity (Wildman–Crippen MR) is 93.0 cm³/mol. The van der Waals surface area contributed by atoms with Crippen LogP contribution in [0, 0.1) is 6.92 Å². The lowest BCUT2D eigenvalue weighted by atomic mass is 10.1. The molecular weight excluding hydrogens is 320 g/mol. The van der Waals surface area contributed by atoms with Gasteiger partial charge in [0.1, 0.15) is 18.2 Å². The largest absolute Gasteiger partial charge is 0.481 e. The van der Waals surface area contributed by atoms with E-state index in [9.17, 15) is 0 Å². The van der Waals surface area contributed by atoms with Gasteiger partial charge in [0.05, 0.1) is 31.8 Å². The summed E-state index contributed by atoms with van der Waals surface area (Å²) in [6.45, 7) is 3.07. The topological polar surface area (TPSA) is 79.0 Å². The standard InChI is InChI=1S/C17H20N6O2/c1-11-6-13(8-18-17(11)24-3)23-16-14(4-5-25-10-19-16)15(21-23)12-7-20-22(2)9-12/h6-9,19H,4-5,10H2,1-3H3. The summed E-state index contributed by atoms with van der Waals surface area (Å²) < 4.78 is 14.5. The third-order valence-corrected chi connectivity index (χ3v) is 4.25. The molecule has 0 fully saturated rings. The van der Waals surface area contributed by atoms with E-state index in [0.29, 0.717) is 19.2 Å². The summed E-state index contributed by atoms with van der Waals surface area (Å²) in [6, 6.07) is 2.01. The number of methoxy groups -OCH3 is 1. The van der Waals surface area contributed by atoms with E-state index >= 15 is 0 Å². The molecule has 0 saturated heterocycles. The van der Waals surface area contributed by atoms with Crippen LogP contribution in [0.15, 0.2) is 24.7 Å². The minimum atomic E-state index is 0.452. The molecule has 0 radical (unpaired) electrons. The van der Waals surface area contributed by atoms with Gasteiger partial charge >= 0.3 is 0 Å². The molecule has 0 bridgehead atoms. The van der Waals surface area contributed by atoms with Crippen LogP contribution < -0.4 is 10.1 Å². The number of hydrogen-bond acceptors (Lipinski definition) is 6. The van der Waals surface area contributed by atoms with Gasteiger partial charge in [0.15, 0.2) is 0 Å². The van der Waals surface area contributed by atoms with Gasteiger partial charge in [0, 0.05) is 36.4 Å². The van der Waals surface area contributed by atoms with Crippen molar-refractivity contribution < 1.29 is 9.47 Å². The average molecular weight is 340 g/mol. The summed E-state index contributed by atoms with van der Waals surface area (Å²) >= 11 is 0. The molecule has 4 heterocycles. The number of pyridine rings is 1. The van der Waals surface area contributed by atoms with E-state index in [1.165, 1.54) is 0 Å². The molecule has 1 N–H and O–H groups in total. The number of ether oxygens (including phenoxy) is 2. The van der Waals surface area contributed by atoms with Crippen molar-refractivity contribution in [3.8, 4) is 22.8 Å². The van der Waals surface area contributed by atoms with Crippen molar-refractivity contribution in [2.24, 2.45) is 7.05 Å². The Bertz CT molecular complexity index is 914. The van der Waals surface area contributed by atoms with E-state index < -0.39 is 0 Å². The fourth-order valence-corrected chi connectivity index (χ4v) is 3.07. The van der Waals surface area contributed by atoms with Gasteiger partial charge in [-0.1, -0.05) is 0 Å². The lowest BCUT2D eigenvalue weighted by molar-refractivity contribution is 0.159. The number of aromatic nitrogens is 5. The molecule has 25 heavy (non-hydrogen) atoms. The number of rotatable bonds is 3. The number of hydrogen-bond donors (Lipinski definition) is 1. The summed E-state index contributed by atoms with van der Waals surface area (Å²) in [7, 11) is 3.52. The van der Waals surface area contributed by atoms with Gasteiger partial charge in [-0.3, -0.25) is 4.68 Å². The molecule has 0 atom stereocenters. The lowest BCUT2D eigenvalue weighted by Gasteiger charge is -2.10. The van der Waals surface area contributed by atoms with E-state index in [1.807, 2.05) is 37.1 Å². The van der Waals surface area contributed by atoms with Crippen LogP contribution >= 0.6 is 0 Å². The van der Waals surface area contributed by atoms with E-state index in [1.54, 1.807) is 18.0 Å². The molecule has 3 aromatic rings. The van der Waals surface area contributed by atoms with Crippen molar-refractivity contribution in [2.75, 3.05) is 25.8 Å². The molecule has 0 aliphatic carbocycles. The second kappa shape index (κ2) is 6.21. The zero-order chi connectivity index (χ0) is 17.4. The molecule has 0 saturated carbocycles. The normalized spacial score (nSPS) is 13.9. The highest BCUT2D eigenvalue weighted by Gasteiger charge is 2.23. The van der Waals surface area contributed by atoms with Gasteiger partial charge in [-0.05, 0) is 13.0 Å². The lowest BCUT2D eigenvalue weighted by Crippen LogP contribution is -2.09. The predicted octanol–water partition coefficient (Wildman–Crippen LogP) is 1.93. The van der Waals surface area contributed by atoms with Gasteiger partial charge in [-0.15, -0.1) is 0 Å². The molecule has 8 nitrogen and oxygen atoms in total. The Labute approximate surface area is 145 Å². The second-order valence-corrected chi connectivity index (χ2v) is 5.99. The highest BCUT2D eigenvalue weighted by atomic mass is 16.5. The molecule has 0 unspecified atom stereocenters. The van der Waals surface area contributed by atoms with Gasteiger partial charge in [0.25, 0.3) is 0 Å². The third kappa shape index (κ3) is 2.74. The Hall–Kier alpha value is -2.87. The van der Waals surface area contributed by atoms with Crippen LogP contribution in [0.4, 0.5) is 5.82 Å².